The molecule has 0 saturated heterocycles. The molecule has 0 amide bonds. The quantitative estimate of drug-likeness (QED) is 0.811. The van der Waals surface area contributed by atoms with Gasteiger partial charge in [0.25, 0.3) is 0 Å². The average Bonchev–Trinajstić information content (AvgIpc) is 2.74. The molecule has 0 heterocycles. The molecule has 0 atom stereocenters. The first-order valence-corrected chi connectivity index (χ1v) is 8.58. The maximum absolute atomic E-state index is 9.97. The summed E-state index contributed by atoms with van der Waals surface area (Å²) in [6.07, 6.45) is 5.30. The molecule has 2 aromatic carbocycles. The van der Waals surface area contributed by atoms with Crippen LogP contribution in [0.3, 0.4) is 0 Å². The Morgan fingerprint density at radius 1 is 1.12 bits per heavy atom. The summed E-state index contributed by atoms with van der Waals surface area (Å²) in [5.41, 5.74) is 6.54. The molecule has 0 aromatic heterocycles. The number of aryl methyl sites for hydroxylation is 1. The average molecular weight is 319 g/mol. The molecule has 0 radical (unpaired) electrons. The number of aromatic hydroxyl groups is 1. The maximum atomic E-state index is 9.97. The van der Waals surface area contributed by atoms with Crippen LogP contribution in [0.2, 0.25) is 0 Å². The second kappa shape index (κ2) is 7.50. The minimum absolute atomic E-state index is 0.320. The van der Waals surface area contributed by atoms with Gasteiger partial charge in [0.2, 0.25) is 0 Å². The molecule has 0 spiro atoms. The van der Waals surface area contributed by atoms with E-state index in [1.807, 2.05) is 18.2 Å². The molecule has 0 aliphatic heterocycles. The molecule has 124 valence electrons. The predicted octanol–water partition coefficient (Wildman–Crippen LogP) is 4.65. The van der Waals surface area contributed by atoms with E-state index in [9.17, 15) is 5.11 Å². The van der Waals surface area contributed by atoms with E-state index in [4.69, 9.17) is 0 Å². The summed E-state index contributed by atoms with van der Waals surface area (Å²) < 4.78 is 0. The summed E-state index contributed by atoms with van der Waals surface area (Å²) >= 11 is 0. The molecule has 3 rings (SSSR count). The first-order valence-electron chi connectivity index (χ1n) is 8.58. The normalized spacial score (nSPS) is 14.4. The third-order valence-corrected chi connectivity index (χ3v) is 4.60. The van der Waals surface area contributed by atoms with Crippen LogP contribution in [0, 0.1) is 0 Å². The van der Waals surface area contributed by atoms with Gasteiger partial charge in [0.05, 0.1) is 0 Å². The number of hydrogen-bond acceptors (Lipinski definition) is 2. The Bertz CT molecular complexity index is 760. The highest BCUT2D eigenvalue weighted by atomic mass is 16.3. The van der Waals surface area contributed by atoms with Gasteiger partial charge in [0.15, 0.2) is 0 Å². The van der Waals surface area contributed by atoms with Crippen molar-refractivity contribution in [2.24, 2.45) is 0 Å². The van der Waals surface area contributed by atoms with E-state index in [2.05, 4.69) is 48.9 Å². The highest BCUT2D eigenvalue weighted by Gasteiger charge is 2.19. The van der Waals surface area contributed by atoms with Crippen molar-refractivity contribution in [3.63, 3.8) is 0 Å². The van der Waals surface area contributed by atoms with Gasteiger partial charge < -0.3 is 5.11 Å². The minimum Gasteiger partial charge on any atom is -0.508 e. The highest BCUT2D eigenvalue weighted by Crippen LogP contribution is 2.36. The molecule has 0 bridgehead atoms. The fraction of sp³-hybridized carbons (Fsp3) is 0.273. The van der Waals surface area contributed by atoms with Crippen molar-refractivity contribution in [1.82, 2.24) is 4.90 Å². The third kappa shape index (κ3) is 3.60. The van der Waals surface area contributed by atoms with Crippen LogP contribution in [0.25, 0.3) is 5.57 Å². The van der Waals surface area contributed by atoms with Crippen molar-refractivity contribution in [3.05, 3.63) is 83.4 Å². The SMILES string of the molecule is C=CCN(C)CC1=C(c2cccc(O)c2)c2ccccc2CCC1. The van der Waals surface area contributed by atoms with Gasteiger partial charge in [0, 0.05) is 13.1 Å². The first-order chi connectivity index (χ1) is 11.7. The topological polar surface area (TPSA) is 23.5 Å². The zero-order chi connectivity index (χ0) is 16.9. The van der Waals surface area contributed by atoms with Gasteiger partial charge in [-0.1, -0.05) is 42.5 Å². The Morgan fingerprint density at radius 3 is 2.75 bits per heavy atom. The second-order valence-electron chi connectivity index (χ2n) is 6.53. The lowest BCUT2D eigenvalue weighted by Gasteiger charge is -2.21. The third-order valence-electron chi connectivity index (χ3n) is 4.60. The Balaban J connectivity index is 2.14. The van der Waals surface area contributed by atoms with Crippen molar-refractivity contribution in [2.45, 2.75) is 19.3 Å². The molecule has 0 unspecified atom stereocenters. The Labute approximate surface area is 144 Å². The summed E-state index contributed by atoms with van der Waals surface area (Å²) in [7, 11) is 2.13. The molecule has 1 N–H and O–H groups in total. The summed E-state index contributed by atoms with van der Waals surface area (Å²) in [4.78, 5) is 2.29. The van der Waals surface area contributed by atoms with Crippen LogP contribution in [-0.4, -0.2) is 30.1 Å². The van der Waals surface area contributed by atoms with Crippen molar-refractivity contribution >= 4 is 5.57 Å². The van der Waals surface area contributed by atoms with E-state index >= 15 is 0 Å². The van der Waals surface area contributed by atoms with E-state index in [1.54, 1.807) is 6.07 Å². The highest BCUT2D eigenvalue weighted by molar-refractivity contribution is 5.84. The standard InChI is InChI=1S/C22H25NO/c1-3-14-23(2)16-19-11-6-9-17-8-4-5-13-21(17)22(19)18-10-7-12-20(24)15-18/h3-5,7-8,10,12-13,15,24H,1,6,9,11,14,16H2,2H3. The lowest BCUT2D eigenvalue weighted by atomic mass is 9.90. The molecule has 24 heavy (non-hydrogen) atoms. The van der Waals surface area contributed by atoms with Crippen LogP contribution < -0.4 is 0 Å². The lowest BCUT2D eigenvalue weighted by molar-refractivity contribution is 0.398. The number of phenols is 1. The molecule has 2 aromatic rings. The summed E-state index contributed by atoms with van der Waals surface area (Å²) in [5.74, 6) is 0.320. The smallest absolute Gasteiger partial charge is 0.116 e. The second-order valence-corrected chi connectivity index (χ2v) is 6.53. The molecule has 1 aliphatic carbocycles. The van der Waals surface area contributed by atoms with Gasteiger partial charge in [-0.05, 0) is 66.3 Å². The maximum Gasteiger partial charge on any atom is 0.116 e. The largest absolute Gasteiger partial charge is 0.508 e. The summed E-state index contributed by atoms with van der Waals surface area (Å²) in [6.45, 7) is 5.64. The van der Waals surface area contributed by atoms with Crippen LogP contribution >= 0.6 is 0 Å². The number of hydrogen-bond donors (Lipinski definition) is 1. The van der Waals surface area contributed by atoms with Crippen LogP contribution in [0.4, 0.5) is 0 Å². The van der Waals surface area contributed by atoms with E-state index in [-0.39, 0.29) is 0 Å². The Hall–Kier alpha value is -2.32. The van der Waals surface area contributed by atoms with E-state index in [0.29, 0.717) is 5.75 Å². The van der Waals surface area contributed by atoms with Gasteiger partial charge in [-0.25, -0.2) is 0 Å². The number of phenolic OH excluding ortho intramolecular Hbond substituents is 1. The van der Waals surface area contributed by atoms with Crippen LogP contribution in [0.15, 0.2) is 66.8 Å². The molecule has 0 saturated carbocycles. The van der Waals surface area contributed by atoms with Crippen LogP contribution in [0.5, 0.6) is 5.75 Å². The molecular weight excluding hydrogens is 294 g/mol. The lowest BCUT2D eigenvalue weighted by Crippen LogP contribution is -2.21. The molecular formula is C22H25NO. The summed E-state index contributed by atoms with van der Waals surface area (Å²) in [6, 6.07) is 16.3. The fourth-order valence-electron chi connectivity index (χ4n) is 3.58. The van der Waals surface area contributed by atoms with Crippen LogP contribution in [-0.2, 0) is 6.42 Å². The number of nitrogens with zero attached hydrogens (tertiary/aromatic N) is 1. The van der Waals surface area contributed by atoms with Gasteiger partial charge in [-0.15, -0.1) is 6.58 Å². The Morgan fingerprint density at radius 2 is 1.96 bits per heavy atom. The van der Waals surface area contributed by atoms with Gasteiger partial charge in [-0.3, -0.25) is 4.90 Å². The number of rotatable bonds is 5. The van der Waals surface area contributed by atoms with Crippen molar-refractivity contribution in [2.75, 3.05) is 20.1 Å². The monoisotopic (exact) mass is 319 g/mol. The molecule has 1 aliphatic rings. The number of likely N-dealkylation sites (N-methyl/N-ethyl adjacent to an activating group) is 1. The van der Waals surface area contributed by atoms with Crippen LogP contribution in [0.1, 0.15) is 29.5 Å². The minimum atomic E-state index is 0.320. The van der Waals surface area contributed by atoms with Gasteiger partial charge in [0.1, 0.15) is 5.75 Å². The molecule has 2 heteroatoms. The molecule has 0 fully saturated rings. The molecule has 2 nitrogen and oxygen atoms in total. The van der Waals surface area contributed by atoms with Crippen molar-refractivity contribution in [3.8, 4) is 5.75 Å². The Kier molecular flexibility index (Phi) is 5.17. The zero-order valence-corrected chi connectivity index (χ0v) is 14.3. The predicted molar refractivity (Wildman–Crippen MR) is 101 cm³/mol. The first kappa shape index (κ1) is 16.5. The van der Waals surface area contributed by atoms with E-state index in [0.717, 1.165) is 37.9 Å². The van der Waals surface area contributed by atoms with Crippen molar-refractivity contribution in [1.29, 1.82) is 0 Å². The number of fused-ring (bicyclic) bond motifs is 1. The van der Waals surface area contributed by atoms with E-state index < -0.39 is 0 Å². The van der Waals surface area contributed by atoms with Crippen molar-refractivity contribution < 1.29 is 5.11 Å². The summed E-state index contributed by atoms with van der Waals surface area (Å²) in [5, 5.41) is 9.97. The fourth-order valence-corrected chi connectivity index (χ4v) is 3.58. The number of benzene rings is 2. The zero-order valence-electron chi connectivity index (χ0n) is 14.3. The van der Waals surface area contributed by atoms with Gasteiger partial charge in [-0.2, -0.15) is 0 Å². The van der Waals surface area contributed by atoms with E-state index in [1.165, 1.54) is 22.3 Å². The van der Waals surface area contributed by atoms with Gasteiger partial charge >= 0.3 is 0 Å².